The minimum Gasteiger partial charge on any atom is -0.508 e. The van der Waals surface area contributed by atoms with Crippen molar-refractivity contribution in [3.05, 3.63) is 106 Å². The molecule has 1 aromatic heterocycles. The number of nitrogens with zero attached hydrogens (tertiary/aromatic N) is 3. The van der Waals surface area contributed by atoms with E-state index in [-0.39, 0.29) is 36.2 Å². The fourth-order valence-corrected chi connectivity index (χ4v) is 5.76. The predicted octanol–water partition coefficient (Wildman–Crippen LogP) is 5.39. The van der Waals surface area contributed by atoms with Gasteiger partial charge in [-0.05, 0) is 86.3 Å². The van der Waals surface area contributed by atoms with Crippen molar-refractivity contribution in [1.29, 1.82) is 0 Å². The molecule has 1 aliphatic rings. The fraction of sp³-hybridized carbons (Fsp3) is 0.286. The standard InChI is InChI=1S/C35H39N5O4/c1-6-36-35(44)37-20-24-11-16-29(34(43)40-21-26-10-8-7-9-25(26)17-22(40)2)31(18-24)32-19-30(23(3)38(32)4)33(42)39(5)27-12-14-28(41)15-13-27/h7-16,18-19,22,41H,6,17,20-21H2,1-5H3,(H2,36,37,44)/t22-/m1/s1. The van der Waals surface area contributed by atoms with Gasteiger partial charge in [-0.3, -0.25) is 9.59 Å². The number of amides is 4. The number of phenolic OH excluding ortho intramolecular Hbond substituents is 1. The zero-order valence-corrected chi connectivity index (χ0v) is 25.8. The first-order chi connectivity index (χ1) is 21.1. The van der Waals surface area contributed by atoms with E-state index in [4.69, 9.17) is 0 Å². The molecule has 3 N–H and O–H groups in total. The fourth-order valence-electron chi connectivity index (χ4n) is 5.76. The summed E-state index contributed by atoms with van der Waals surface area (Å²) in [7, 11) is 3.58. The van der Waals surface area contributed by atoms with Crippen LogP contribution in [0.3, 0.4) is 0 Å². The molecule has 4 amide bonds. The maximum atomic E-state index is 14.3. The zero-order valence-electron chi connectivity index (χ0n) is 25.8. The lowest BCUT2D eigenvalue weighted by Gasteiger charge is -2.35. The van der Waals surface area contributed by atoms with Gasteiger partial charge in [0.05, 0.1) is 5.56 Å². The largest absolute Gasteiger partial charge is 0.508 e. The van der Waals surface area contributed by atoms with Gasteiger partial charge in [-0.25, -0.2) is 4.79 Å². The number of fused-ring (bicyclic) bond motifs is 1. The number of phenols is 1. The molecule has 0 radical (unpaired) electrons. The van der Waals surface area contributed by atoms with E-state index in [0.717, 1.165) is 28.9 Å². The van der Waals surface area contributed by atoms with Crippen molar-refractivity contribution in [1.82, 2.24) is 20.1 Å². The van der Waals surface area contributed by atoms with Gasteiger partial charge in [0.2, 0.25) is 0 Å². The lowest BCUT2D eigenvalue weighted by Crippen LogP contribution is -2.42. The first kappa shape index (κ1) is 30.4. The van der Waals surface area contributed by atoms with Gasteiger partial charge in [0.25, 0.3) is 11.8 Å². The first-order valence-corrected chi connectivity index (χ1v) is 14.8. The van der Waals surface area contributed by atoms with Gasteiger partial charge in [-0.15, -0.1) is 0 Å². The van der Waals surface area contributed by atoms with Gasteiger partial charge >= 0.3 is 6.03 Å². The summed E-state index contributed by atoms with van der Waals surface area (Å²) in [5, 5.41) is 15.3. The molecule has 4 aromatic rings. The molecule has 0 saturated heterocycles. The number of hydrogen-bond donors (Lipinski definition) is 3. The highest BCUT2D eigenvalue weighted by atomic mass is 16.3. The molecule has 44 heavy (non-hydrogen) atoms. The number of carbonyl (C=O) groups is 3. The molecule has 0 fully saturated rings. The number of carbonyl (C=O) groups excluding carboxylic acids is 3. The third-order valence-corrected chi connectivity index (χ3v) is 8.46. The summed E-state index contributed by atoms with van der Waals surface area (Å²) >= 11 is 0. The van der Waals surface area contributed by atoms with E-state index in [1.54, 1.807) is 31.3 Å². The lowest BCUT2D eigenvalue weighted by atomic mass is 9.93. The molecule has 0 aliphatic carbocycles. The smallest absolute Gasteiger partial charge is 0.315 e. The Morgan fingerprint density at radius 1 is 0.955 bits per heavy atom. The number of aromatic nitrogens is 1. The van der Waals surface area contributed by atoms with E-state index in [1.165, 1.54) is 10.5 Å². The van der Waals surface area contributed by atoms with E-state index in [2.05, 4.69) is 29.7 Å². The molecule has 1 atom stereocenters. The van der Waals surface area contributed by atoms with Crippen molar-refractivity contribution >= 4 is 23.5 Å². The minimum atomic E-state index is -0.269. The summed E-state index contributed by atoms with van der Waals surface area (Å²) in [5.74, 6) is -0.172. The average molecular weight is 594 g/mol. The summed E-state index contributed by atoms with van der Waals surface area (Å²) in [4.78, 5) is 43.5. The SMILES string of the molecule is CCNC(=O)NCc1ccc(C(=O)N2Cc3ccccc3C[C@H]2C)c(-c2cc(C(=O)N(C)c3ccc(O)cc3)c(C)n2C)c1. The molecule has 1 aliphatic heterocycles. The number of urea groups is 1. The summed E-state index contributed by atoms with van der Waals surface area (Å²) in [6, 6.07) is 21.9. The van der Waals surface area contributed by atoms with Gasteiger partial charge in [0.1, 0.15) is 5.75 Å². The van der Waals surface area contributed by atoms with Gasteiger partial charge in [0.15, 0.2) is 0 Å². The molecule has 0 unspecified atom stereocenters. The second-order valence-electron chi connectivity index (χ2n) is 11.3. The van der Waals surface area contributed by atoms with Crippen LogP contribution >= 0.6 is 0 Å². The number of rotatable bonds is 7. The van der Waals surface area contributed by atoms with E-state index < -0.39 is 0 Å². The normalized spacial score (nSPS) is 14.1. The predicted molar refractivity (Wildman–Crippen MR) is 172 cm³/mol. The van der Waals surface area contributed by atoms with E-state index in [1.807, 2.05) is 66.8 Å². The molecular weight excluding hydrogens is 554 g/mol. The molecule has 3 aromatic carbocycles. The Bertz CT molecular complexity index is 1710. The Morgan fingerprint density at radius 3 is 2.36 bits per heavy atom. The minimum absolute atomic E-state index is 0.00980. The molecule has 5 rings (SSSR count). The summed E-state index contributed by atoms with van der Waals surface area (Å²) in [6.45, 7) is 7.12. The van der Waals surface area contributed by atoms with E-state index in [9.17, 15) is 19.5 Å². The molecule has 228 valence electrons. The van der Waals surface area contributed by atoms with Gasteiger partial charge in [0, 0.05) is 68.0 Å². The van der Waals surface area contributed by atoms with Crippen LogP contribution in [0.15, 0.2) is 72.8 Å². The van der Waals surface area contributed by atoms with Gasteiger partial charge in [-0.1, -0.05) is 30.3 Å². The van der Waals surface area contributed by atoms with Crippen LogP contribution in [-0.2, 0) is 26.6 Å². The third-order valence-electron chi connectivity index (χ3n) is 8.46. The van der Waals surface area contributed by atoms with Crippen molar-refractivity contribution in [2.45, 2.75) is 46.3 Å². The zero-order chi connectivity index (χ0) is 31.5. The Hall–Kier alpha value is -5.05. The van der Waals surface area contributed by atoms with Crippen LogP contribution in [0.1, 0.15) is 56.9 Å². The third kappa shape index (κ3) is 6.04. The van der Waals surface area contributed by atoms with Gasteiger partial charge in [-0.2, -0.15) is 0 Å². The Morgan fingerprint density at radius 2 is 1.66 bits per heavy atom. The number of hydrogen-bond acceptors (Lipinski definition) is 4. The monoisotopic (exact) mass is 593 g/mol. The maximum Gasteiger partial charge on any atom is 0.315 e. The average Bonchev–Trinajstić information content (AvgIpc) is 3.32. The maximum absolute atomic E-state index is 14.3. The van der Waals surface area contributed by atoms with Crippen molar-refractivity contribution < 1.29 is 19.5 Å². The number of nitrogens with one attached hydrogen (secondary N) is 2. The van der Waals surface area contributed by atoms with E-state index >= 15 is 0 Å². The Labute approximate surface area is 258 Å². The van der Waals surface area contributed by atoms with Crippen LogP contribution in [0.2, 0.25) is 0 Å². The van der Waals surface area contributed by atoms with Crippen LogP contribution in [0, 0.1) is 6.92 Å². The van der Waals surface area contributed by atoms with Crippen LogP contribution < -0.4 is 15.5 Å². The highest BCUT2D eigenvalue weighted by molar-refractivity contribution is 6.08. The quantitative estimate of drug-likeness (QED) is 0.267. The molecule has 0 saturated carbocycles. The highest BCUT2D eigenvalue weighted by Crippen LogP contribution is 2.33. The second kappa shape index (κ2) is 12.7. The topological polar surface area (TPSA) is 107 Å². The van der Waals surface area contributed by atoms with E-state index in [0.29, 0.717) is 35.5 Å². The summed E-state index contributed by atoms with van der Waals surface area (Å²) in [5.41, 5.74) is 7.07. The lowest BCUT2D eigenvalue weighted by molar-refractivity contribution is 0.0659. The summed E-state index contributed by atoms with van der Waals surface area (Å²) < 4.78 is 1.93. The van der Waals surface area contributed by atoms with Crippen molar-refractivity contribution in [3.8, 4) is 17.0 Å². The summed E-state index contributed by atoms with van der Waals surface area (Å²) in [6.07, 6.45) is 0.775. The Balaban J connectivity index is 1.54. The second-order valence-corrected chi connectivity index (χ2v) is 11.3. The van der Waals surface area contributed by atoms with Gasteiger partial charge < -0.3 is 30.1 Å². The number of benzene rings is 3. The van der Waals surface area contributed by atoms with Crippen LogP contribution in [0.4, 0.5) is 10.5 Å². The van der Waals surface area contributed by atoms with Crippen LogP contribution in [0.25, 0.3) is 11.3 Å². The number of anilines is 1. The van der Waals surface area contributed by atoms with Crippen molar-refractivity contribution in [3.63, 3.8) is 0 Å². The molecule has 9 heteroatoms. The van der Waals surface area contributed by atoms with Crippen LogP contribution in [0.5, 0.6) is 5.75 Å². The van der Waals surface area contributed by atoms with Crippen LogP contribution in [-0.4, -0.2) is 52.1 Å². The molecular formula is C35H39N5O4. The first-order valence-electron chi connectivity index (χ1n) is 14.8. The molecule has 9 nitrogen and oxygen atoms in total. The number of aromatic hydroxyl groups is 1. The highest BCUT2D eigenvalue weighted by Gasteiger charge is 2.30. The van der Waals surface area contributed by atoms with Crippen molar-refractivity contribution in [2.24, 2.45) is 7.05 Å². The molecule has 2 heterocycles. The van der Waals surface area contributed by atoms with Crippen molar-refractivity contribution in [2.75, 3.05) is 18.5 Å². The molecule has 0 spiro atoms. The Kier molecular flexibility index (Phi) is 8.76. The molecule has 0 bridgehead atoms.